The maximum atomic E-state index is 6.60. The summed E-state index contributed by atoms with van der Waals surface area (Å²) in [6.07, 6.45) is 5.91. The van der Waals surface area contributed by atoms with E-state index in [0.717, 1.165) is 29.5 Å². The number of hydrogen-bond acceptors (Lipinski definition) is 4. The minimum absolute atomic E-state index is 0.297. The molecule has 2 fully saturated rings. The Morgan fingerprint density at radius 1 is 1.09 bits per heavy atom. The molecule has 6 rings (SSSR count). The lowest BCUT2D eigenvalue weighted by Gasteiger charge is -2.38. The Morgan fingerprint density at radius 2 is 1.94 bits per heavy atom. The maximum absolute atomic E-state index is 6.60. The predicted octanol–water partition coefficient (Wildman–Crippen LogP) is 5.18. The van der Waals surface area contributed by atoms with Crippen LogP contribution in [0.15, 0.2) is 54.7 Å². The van der Waals surface area contributed by atoms with Crippen LogP contribution in [0.4, 0.5) is 5.82 Å². The third-order valence-electron chi connectivity index (χ3n) is 8.06. The largest absolute Gasteiger partial charge is 0.497 e. The Balaban J connectivity index is 1.47. The van der Waals surface area contributed by atoms with E-state index in [-0.39, 0.29) is 0 Å². The van der Waals surface area contributed by atoms with Crippen LogP contribution in [0.25, 0.3) is 21.8 Å². The van der Waals surface area contributed by atoms with Gasteiger partial charge in [-0.05, 0) is 73.4 Å². The molecule has 0 saturated heterocycles. The molecule has 4 atom stereocenters. The zero-order valence-corrected chi connectivity index (χ0v) is 19.7. The van der Waals surface area contributed by atoms with E-state index in [0.29, 0.717) is 18.0 Å². The highest BCUT2D eigenvalue weighted by molar-refractivity contribution is 5.86. The topological polar surface area (TPSA) is 56.3 Å². The minimum Gasteiger partial charge on any atom is -0.497 e. The highest BCUT2D eigenvalue weighted by atomic mass is 16.5. The van der Waals surface area contributed by atoms with E-state index in [1.165, 1.54) is 46.7 Å². The van der Waals surface area contributed by atoms with Crippen LogP contribution in [0.5, 0.6) is 5.75 Å². The number of ether oxygens (including phenoxy) is 1. The van der Waals surface area contributed by atoms with E-state index >= 15 is 0 Å². The van der Waals surface area contributed by atoms with E-state index in [1.807, 2.05) is 6.07 Å². The molecule has 0 spiro atoms. The first-order valence-corrected chi connectivity index (χ1v) is 12.0. The molecule has 4 aromatic rings. The predicted molar refractivity (Wildman–Crippen MR) is 135 cm³/mol. The Kier molecular flexibility index (Phi) is 4.84. The summed E-state index contributed by atoms with van der Waals surface area (Å²) in [5, 5.41) is 2.49. The number of nitrogens with two attached hydrogens (primary N) is 1. The van der Waals surface area contributed by atoms with Gasteiger partial charge in [0.25, 0.3) is 0 Å². The maximum Gasteiger partial charge on any atom is 0.130 e. The lowest BCUT2D eigenvalue weighted by Crippen LogP contribution is -2.46. The molecule has 2 aromatic carbocycles. The molecule has 2 N–H and O–H groups in total. The molecule has 5 heteroatoms. The molecule has 0 aliphatic heterocycles. The molecular weight excluding hydrogens is 408 g/mol. The first-order valence-electron chi connectivity index (χ1n) is 12.0. The Morgan fingerprint density at radius 3 is 2.73 bits per heavy atom. The zero-order chi connectivity index (χ0) is 22.7. The van der Waals surface area contributed by atoms with Crippen LogP contribution in [-0.2, 0) is 13.6 Å². The molecule has 2 bridgehead atoms. The van der Waals surface area contributed by atoms with Crippen LogP contribution >= 0.6 is 0 Å². The van der Waals surface area contributed by atoms with Crippen LogP contribution in [0, 0.1) is 18.8 Å². The fourth-order valence-corrected chi connectivity index (χ4v) is 6.47. The summed E-state index contributed by atoms with van der Waals surface area (Å²) >= 11 is 0. The van der Waals surface area contributed by atoms with Crippen molar-refractivity contribution in [2.24, 2.45) is 24.6 Å². The van der Waals surface area contributed by atoms with Crippen molar-refractivity contribution in [3.8, 4) is 5.75 Å². The summed E-state index contributed by atoms with van der Waals surface area (Å²) in [7, 11) is 3.84. The Hall–Kier alpha value is -3.05. The van der Waals surface area contributed by atoms with Gasteiger partial charge in [0.05, 0.1) is 12.6 Å². The lowest BCUT2D eigenvalue weighted by molar-refractivity contribution is 0.347. The van der Waals surface area contributed by atoms with Crippen molar-refractivity contribution in [2.75, 3.05) is 12.0 Å². The number of para-hydroxylation sites is 1. The van der Waals surface area contributed by atoms with Gasteiger partial charge in [0, 0.05) is 54.2 Å². The second kappa shape index (κ2) is 7.77. The average Bonchev–Trinajstić information content (AvgIpc) is 3.49. The first-order chi connectivity index (χ1) is 16.0. The third-order valence-corrected chi connectivity index (χ3v) is 8.06. The number of aromatic nitrogens is 2. The number of pyridine rings is 1. The van der Waals surface area contributed by atoms with Crippen molar-refractivity contribution >= 4 is 27.6 Å². The molecule has 2 aliphatic rings. The van der Waals surface area contributed by atoms with Crippen molar-refractivity contribution in [2.45, 2.75) is 44.8 Å². The summed E-state index contributed by atoms with van der Waals surface area (Å²) in [5.74, 6) is 3.17. The van der Waals surface area contributed by atoms with Crippen LogP contribution in [0.2, 0.25) is 0 Å². The number of fused-ring (bicyclic) bond motifs is 4. The molecule has 0 unspecified atom stereocenters. The van der Waals surface area contributed by atoms with Gasteiger partial charge >= 0.3 is 0 Å². The van der Waals surface area contributed by atoms with Gasteiger partial charge in [-0.1, -0.05) is 18.2 Å². The summed E-state index contributed by atoms with van der Waals surface area (Å²) in [4.78, 5) is 7.73. The van der Waals surface area contributed by atoms with Crippen molar-refractivity contribution in [3.05, 3.63) is 65.9 Å². The third kappa shape index (κ3) is 3.37. The van der Waals surface area contributed by atoms with Crippen LogP contribution in [-0.4, -0.2) is 28.7 Å². The zero-order valence-electron chi connectivity index (χ0n) is 19.7. The number of rotatable bonds is 5. The van der Waals surface area contributed by atoms with Crippen LogP contribution < -0.4 is 15.4 Å². The fourth-order valence-electron chi connectivity index (χ4n) is 6.47. The molecule has 2 aliphatic carbocycles. The molecule has 2 aromatic heterocycles. The van der Waals surface area contributed by atoms with Gasteiger partial charge in [0.2, 0.25) is 0 Å². The molecule has 0 amide bonds. The second-order valence-corrected chi connectivity index (χ2v) is 10.1. The van der Waals surface area contributed by atoms with E-state index < -0.39 is 0 Å². The van der Waals surface area contributed by atoms with Gasteiger partial charge in [0.1, 0.15) is 11.6 Å². The second-order valence-electron chi connectivity index (χ2n) is 10.1. The fraction of sp³-hybridized carbons (Fsp3) is 0.393. The Labute approximate surface area is 195 Å². The standard InChI is InChI=1S/C28H32N4O/c1-17-10-28(30-25-14-20(33-3)8-9-21(17)25)32(27-13-18-11-23(27)24(29)12-18)16-19-15-31(2)26-7-5-4-6-22(19)26/h4-10,14-15,18,23-24,27H,11-13,16,29H2,1-3H3/t18-,23+,24+,27+/m1/s1. The van der Waals surface area contributed by atoms with Gasteiger partial charge in [0.15, 0.2) is 0 Å². The van der Waals surface area contributed by atoms with Gasteiger partial charge < -0.3 is 19.9 Å². The molecular formula is C28H32N4O. The van der Waals surface area contributed by atoms with Crippen molar-refractivity contribution < 1.29 is 4.74 Å². The number of nitrogens with zero attached hydrogens (tertiary/aromatic N) is 3. The smallest absolute Gasteiger partial charge is 0.130 e. The van der Waals surface area contributed by atoms with Crippen molar-refractivity contribution in [1.82, 2.24) is 9.55 Å². The molecule has 170 valence electrons. The number of benzene rings is 2. The highest BCUT2D eigenvalue weighted by Gasteiger charge is 2.47. The number of anilines is 1. The number of hydrogen-bond donors (Lipinski definition) is 1. The molecule has 5 nitrogen and oxygen atoms in total. The SMILES string of the molecule is COc1ccc2c(C)cc(N(Cc3cn(C)c4ccccc34)[C@H]3C[C@@H]4C[C@H]3[C@@H](N)C4)nc2c1. The number of aryl methyl sites for hydroxylation is 2. The van der Waals surface area contributed by atoms with Gasteiger partial charge in [-0.2, -0.15) is 0 Å². The lowest BCUT2D eigenvalue weighted by atomic mass is 9.89. The first kappa shape index (κ1) is 20.5. The van der Waals surface area contributed by atoms with Crippen molar-refractivity contribution in [1.29, 1.82) is 0 Å². The van der Waals surface area contributed by atoms with Crippen LogP contribution in [0.1, 0.15) is 30.4 Å². The molecule has 2 heterocycles. The molecule has 2 saturated carbocycles. The van der Waals surface area contributed by atoms with Gasteiger partial charge in [-0.15, -0.1) is 0 Å². The average molecular weight is 441 g/mol. The van der Waals surface area contributed by atoms with Crippen LogP contribution in [0.3, 0.4) is 0 Å². The van der Waals surface area contributed by atoms with E-state index in [1.54, 1.807) is 7.11 Å². The quantitative estimate of drug-likeness (QED) is 0.465. The summed E-state index contributed by atoms with van der Waals surface area (Å²) < 4.78 is 7.73. The van der Waals surface area contributed by atoms with Crippen molar-refractivity contribution in [3.63, 3.8) is 0 Å². The monoisotopic (exact) mass is 440 g/mol. The molecule has 0 radical (unpaired) electrons. The molecule has 33 heavy (non-hydrogen) atoms. The summed E-state index contributed by atoms with van der Waals surface area (Å²) in [6, 6.07) is 17.8. The highest BCUT2D eigenvalue weighted by Crippen LogP contribution is 2.47. The normalized spacial score (nSPS) is 24.1. The summed E-state index contributed by atoms with van der Waals surface area (Å²) in [6.45, 7) is 3.02. The van der Waals surface area contributed by atoms with Gasteiger partial charge in [-0.3, -0.25) is 0 Å². The Bertz CT molecular complexity index is 1340. The summed E-state index contributed by atoms with van der Waals surface area (Å²) in [5.41, 5.74) is 11.4. The van der Waals surface area contributed by atoms with E-state index in [9.17, 15) is 0 Å². The number of methoxy groups -OCH3 is 1. The van der Waals surface area contributed by atoms with Gasteiger partial charge in [-0.25, -0.2) is 4.98 Å². The van der Waals surface area contributed by atoms with E-state index in [2.05, 4.69) is 72.1 Å². The van der Waals surface area contributed by atoms with E-state index in [4.69, 9.17) is 15.5 Å². The minimum atomic E-state index is 0.297.